The van der Waals surface area contributed by atoms with Crippen molar-refractivity contribution in [2.45, 2.75) is 26.9 Å². The summed E-state index contributed by atoms with van der Waals surface area (Å²) in [6.45, 7) is 6.06. The first-order valence-electron chi connectivity index (χ1n) is 5.55. The summed E-state index contributed by atoms with van der Waals surface area (Å²) < 4.78 is 23.2. The Bertz CT molecular complexity index is 388. The predicted octanol–water partition coefficient (Wildman–Crippen LogP) is 2.72. The molecule has 17 heavy (non-hydrogen) atoms. The minimum absolute atomic E-state index is 0.101. The van der Waals surface area contributed by atoms with E-state index in [1.807, 2.05) is 13.8 Å². The van der Waals surface area contributed by atoms with Crippen LogP contribution in [0.4, 0.5) is 4.39 Å². The molecular formula is C13H17FO3. The molecule has 0 fully saturated rings. The van der Waals surface area contributed by atoms with Crippen LogP contribution in [0.1, 0.15) is 29.8 Å². The lowest BCUT2D eigenvalue weighted by atomic mass is 10.1. The Morgan fingerprint density at radius 2 is 2.06 bits per heavy atom. The van der Waals surface area contributed by atoms with E-state index in [0.717, 1.165) is 0 Å². The maximum atomic E-state index is 13.0. The van der Waals surface area contributed by atoms with E-state index in [1.54, 1.807) is 13.0 Å². The molecule has 0 spiro atoms. The van der Waals surface area contributed by atoms with Gasteiger partial charge in [-0.3, -0.25) is 0 Å². The van der Waals surface area contributed by atoms with Crippen molar-refractivity contribution in [2.75, 3.05) is 13.2 Å². The summed E-state index contributed by atoms with van der Waals surface area (Å²) in [5, 5.41) is 0. The number of hydrogen-bond acceptors (Lipinski definition) is 3. The number of benzene rings is 1. The lowest BCUT2D eigenvalue weighted by molar-refractivity contribution is 0.0176. The molecule has 0 aliphatic heterocycles. The van der Waals surface area contributed by atoms with Crippen molar-refractivity contribution >= 4 is 5.97 Å². The molecule has 0 unspecified atom stereocenters. The van der Waals surface area contributed by atoms with Crippen molar-refractivity contribution in [3.05, 3.63) is 35.1 Å². The van der Waals surface area contributed by atoms with E-state index in [4.69, 9.17) is 9.47 Å². The molecule has 3 nitrogen and oxygen atoms in total. The molecule has 0 saturated heterocycles. The second-order valence-corrected chi connectivity index (χ2v) is 4.01. The fraction of sp³-hybridized carbons (Fsp3) is 0.462. The second-order valence-electron chi connectivity index (χ2n) is 4.01. The quantitative estimate of drug-likeness (QED) is 0.586. The second kappa shape index (κ2) is 6.35. The van der Waals surface area contributed by atoms with Crippen LogP contribution in [0, 0.1) is 12.7 Å². The minimum atomic E-state index is -0.519. The Balaban J connectivity index is 2.49. The molecule has 1 aromatic carbocycles. The number of carbonyl (C=O) groups excluding carboxylic acids is 1. The Kier molecular flexibility index (Phi) is 5.10. The van der Waals surface area contributed by atoms with Gasteiger partial charge in [0.2, 0.25) is 0 Å². The first-order chi connectivity index (χ1) is 8.00. The molecule has 0 heterocycles. The average Bonchev–Trinajstić information content (AvgIpc) is 2.27. The Morgan fingerprint density at radius 1 is 1.35 bits per heavy atom. The zero-order valence-corrected chi connectivity index (χ0v) is 10.3. The van der Waals surface area contributed by atoms with E-state index in [9.17, 15) is 9.18 Å². The van der Waals surface area contributed by atoms with Crippen LogP contribution in [-0.2, 0) is 9.47 Å². The molecule has 0 aliphatic carbocycles. The van der Waals surface area contributed by atoms with Crippen molar-refractivity contribution in [1.29, 1.82) is 0 Å². The zero-order chi connectivity index (χ0) is 12.8. The third kappa shape index (κ3) is 4.53. The van der Waals surface area contributed by atoms with Gasteiger partial charge in [-0.15, -0.1) is 0 Å². The fourth-order valence-electron chi connectivity index (χ4n) is 1.31. The molecular weight excluding hydrogens is 223 g/mol. The summed E-state index contributed by atoms with van der Waals surface area (Å²) in [6, 6.07) is 4.05. The van der Waals surface area contributed by atoms with Gasteiger partial charge in [-0.25, -0.2) is 9.18 Å². The molecule has 1 aromatic rings. The van der Waals surface area contributed by atoms with Gasteiger partial charge >= 0.3 is 5.97 Å². The van der Waals surface area contributed by atoms with Gasteiger partial charge in [0.25, 0.3) is 0 Å². The molecule has 0 atom stereocenters. The van der Waals surface area contributed by atoms with Gasteiger partial charge < -0.3 is 9.47 Å². The van der Waals surface area contributed by atoms with Gasteiger partial charge in [0.05, 0.1) is 18.3 Å². The number of ether oxygens (including phenoxy) is 2. The molecule has 0 radical (unpaired) electrons. The highest BCUT2D eigenvalue weighted by Crippen LogP contribution is 2.11. The topological polar surface area (TPSA) is 35.5 Å². The SMILES string of the molecule is Cc1ccc(F)cc1C(=O)OCCOC(C)C. The number of aryl methyl sites for hydroxylation is 1. The van der Waals surface area contributed by atoms with Crippen LogP contribution in [0.15, 0.2) is 18.2 Å². The van der Waals surface area contributed by atoms with Crippen LogP contribution in [0.2, 0.25) is 0 Å². The summed E-state index contributed by atoms with van der Waals surface area (Å²) in [5.41, 5.74) is 0.954. The van der Waals surface area contributed by atoms with E-state index in [2.05, 4.69) is 0 Å². The number of hydrogen-bond donors (Lipinski definition) is 0. The average molecular weight is 240 g/mol. The zero-order valence-electron chi connectivity index (χ0n) is 10.3. The largest absolute Gasteiger partial charge is 0.460 e. The normalized spacial score (nSPS) is 10.6. The van der Waals surface area contributed by atoms with Gasteiger partial charge in [0.15, 0.2) is 0 Å². The lowest BCUT2D eigenvalue weighted by Gasteiger charge is -2.09. The maximum absolute atomic E-state index is 13.0. The van der Waals surface area contributed by atoms with Crippen molar-refractivity contribution in [3.8, 4) is 0 Å². The molecule has 1 rings (SSSR count). The highest BCUT2D eigenvalue weighted by atomic mass is 19.1. The summed E-state index contributed by atoms with van der Waals surface area (Å²) in [6.07, 6.45) is 0.101. The van der Waals surface area contributed by atoms with Crippen LogP contribution < -0.4 is 0 Å². The van der Waals surface area contributed by atoms with Gasteiger partial charge in [-0.2, -0.15) is 0 Å². The van der Waals surface area contributed by atoms with Crippen molar-refractivity contribution in [2.24, 2.45) is 0 Å². The van der Waals surface area contributed by atoms with E-state index in [0.29, 0.717) is 12.2 Å². The summed E-state index contributed by atoms with van der Waals surface area (Å²) in [7, 11) is 0. The fourth-order valence-corrected chi connectivity index (χ4v) is 1.31. The monoisotopic (exact) mass is 240 g/mol. The van der Waals surface area contributed by atoms with Crippen LogP contribution in [0.3, 0.4) is 0 Å². The first kappa shape index (κ1) is 13.6. The summed E-state index contributed by atoms with van der Waals surface area (Å²) >= 11 is 0. The van der Waals surface area contributed by atoms with Gasteiger partial charge in [-0.1, -0.05) is 6.07 Å². The molecule has 0 N–H and O–H groups in total. The van der Waals surface area contributed by atoms with Gasteiger partial charge in [-0.05, 0) is 38.5 Å². The number of halogens is 1. The maximum Gasteiger partial charge on any atom is 0.338 e. The van der Waals surface area contributed by atoms with Crippen LogP contribution in [-0.4, -0.2) is 25.3 Å². The third-order valence-corrected chi connectivity index (χ3v) is 2.19. The third-order valence-electron chi connectivity index (χ3n) is 2.19. The molecule has 94 valence electrons. The van der Waals surface area contributed by atoms with E-state index < -0.39 is 11.8 Å². The number of esters is 1. The van der Waals surface area contributed by atoms with Crippen molar-refractivity contribution < 1.29 is 18.7 Å². The molecule has 0 aromatic heterocycles. The molecule has 0 amide bonds. The highest BCUT2D eigenvalue weighted by Gasteiger charge is 2.11. The van der Waals surface area contributed by atoms with Gasteiger partial charge in [0.1, 0.15) is 12.4 Å². The number of carbonyl (C=O) groups is 1. The smallest absolute Gasteiger partial charge is 0.338 e. The molecule has 4 heteroatoms. The van der Waals surface area contributed by atoms with Gasteiger partial charge in [0, 0.05) is 0 Å². The predicted molar refractivity (Wildman–Crippen MR) is 62.5 cm³/mol. The van der Waals surface area contributed by atoms with E-state index in [1.165, 1.54) is 12.1 Å². The lowest BCUT2D eigenvalue weighted by Crippen LogP contribution is -2.14. The Hall–Kier alpha value is -1.42. The molecule has 0 saturated carbocycles. The van der Waals surface area contributed by atoms with Crippen LogP contribution in [0.5, 0.6) is 0 Å². The summed E-state index contributed by atoms with van der Waals surface area (Å²) in [4.78, 5) is 11.6. The highest BCUT2D eigenvalue weighted by molar-refractivity contribution is 5.90. The van der Waals surface area contributed by atoms with Crippen molar-refractivity contribution in [3.63, 3.8) is 0 Å². The minimum Gasteiger partial charge on any atom is -0.460 e. The Morgan fingerprint density at radius 3 is 2.71 bits per heavy atom. The van der Waals surface area contributed by atoms with Crippen LogP contribution in [0.25, 0.3) is 0 Å². The van der Waals surface area contributed by atoms with Crippen molar-refractivity contribution in [1.82, 2.24) is 0 Å². The van der Waals surface area contributed by atoms with E-state index >= 15 is 0 Å². The summed E-state index contributed by atoms with van der Waals surface area (Å²) in [5.74, 6) is -0.963. The first-order valence-corrected chi connectivity index (χ1v) is 5.55. The van der Waals surface area contributed by atoms with Crippen LogP contribution >= 0.6 is 0 Å². The Labute approximate surface area is 101 Å². The number of rotatable bonds is 5. The molecule has 0 bridgehead atoms. The van der Waals surface area contributed by atoms with E-state index in [-0.39, 0.29) is 18.3 Å². The standard InChI is InChI=1S/C13H17FO3/c1-9(2)16-6-7-17-13(15)12-8-11(14)5-4-10(12)3/h4-5,8-9H,6-7H2,1-3H3. The molecule has 0 aliphatic rings.